The first-order valence-electron chi connectivity index (χ1n) is 7.00. The average molecular weight is 303 g/mol. The highest BCUT2D eigenvalue weighted by atomic mass is 19.4. The van der Waals surface area contributed by atoms with Gasteiger partial charge in [-0.3, -0.25) is 4.90 Å². The Morgan fingerprint density at radius 3 is 2.57 bits per heavy atom. The molecule has 21 heavy (non-hydrogen) atoms. The van der Waals surface area contributed by atoms with E-state index in [4.69, 9.17) is 4.74 Å². The molecule has 1 fully saturated rings. The molecule has 0 spiro atoms. The predicted molar refractivity (Wildman–Crippen MR) is 72.9 cm³/mol. The minimum Gasteiger partial charge on any atom is -0.386 e. The Morgan fingerprint density at radius 2 is 1.95 bits per heavy atom. The van der Waals surface area contributed by atoms with Crippen molar-refractivity contribution < 1.29 is 23.0 Å². The zero-order valence-corrected chi connectivity index (χ0v) is 12.1. The second-order valence-corrected chi connectivity index (χ2v) is 5.53. The van der Waals surface area contributed by atoms with E-state index in [0.717, 1.165) is 12.6 Å². The van der Waals surface area contributed by atoms with Crippen molar-refractivity contribution in [3.05, 3.63) is 35.4 Å². The van der Waals surface area contributed by atoms with Crippen LogP contribution in [0.2, 0.25) is 0 Å². The lowest BCUT2D eigenvalue weighted by molar-refractivity contribution is -0.142. The van der Waals surface area contributed by atoms with Crippen LogP contribution in [-0.4, -0.2) is 41.8 Å². The number of hydrogen-bond donors (Lipinski definition) is 1. The second kappa shape index (κ2) is 6.34. The Hall–Kier alpha value is -1.11. The summed E-state index contributed by atoms with van der Waals surface area (Å²) >= 11 is 0. The number of benzene rings is 1. The molecule has 2 rings (SSSR count). The van der Waals surface area contributed by atoms with E-state index in [1.54, 1.807) is 0 Å². The van der Waals surface area contributed by atoms with Crippen LogP contribution in [0.3, 0.4) is 0 Å². The summed E-state index contributed by atoms with van der Waals surface area (Å²) in [6.07, 6.45) is -6.42. The summed E-state index contributed by atoms with van der Waals surface area (Å²) in [7, 11) is 0. The number of rotatable bonds is 3. The van der Waals surface area contributed by atoms with E-state index >= 15 is 0 Å². The molecule has 0 aromatic heterocycles. The van der Waals surface area contributed by atoms with Crippen molar-refractivity contribution >= 4 is 0 Å². The SMILES string of the molecule is CC(C)N1CCOC(C(O)c2ccccc2C(F)(F)F)C1. The van der Waals surface area contributed by atoms with Crippen LogP contribution in [0.15, 0.2) is 24.3 Å². The zero-order chi connectivity index (χ0) is 15.6. The van der Waals surface area contributed by atoms with Crippen molar-refractivity contribution in [1.82, 2.24) is 4.90 Å². The molecule has 1 saturated heterocycles. The van der Waals surface area contributed by atoms with E-state index in [-0.39, 0.29) is 11.6 Å². The van der Waals surface area contributed by atoms with E-state index < -0.39 is 23.9 Å². The van der Waals surface area contributed by atoms with E-state index in [0.29, 0.717) is 13.2 Å². The molecular weight excluding hydrogens is 283 g/mol. The molecule has 6 heteroatoms. The maximum Gasteiger partial charge on any atom is 0.416 e. The van der Waals surface area contributed by atoms with Gasteiger partial charge in [0, 0.05) is 19.1 Å². The van der Waals surface area contributed by atoms with Gasteiger partial charge in [-0.05, 0) is 25.5 Å². The van der Waals surface area contributed by atoms with Gasteiger partial charge in [0.1, 0.15) is 12.2 Å². The second-order valence-electron chi connectivity index (χ2n) is 5.53. The van der Waals surface area contributed by atoms with Crippen molar-refractivity contribution in [2.24, 2.45) is 0 Å². The molecule has 0 saturated carbocycles. The molecular formula is C15H20F3NO2. The fourth-order valence-corrected chi connectivity index (χ4v) is 2.57. The zero-order valence-electron chi connectivity index (χ0n) is 12.1. The number of ether oxygens (including phenoxy) is 1. The Labute approximate surface area is 122 Å². The molecule has 0 aliphatic carbocycles. The molecule has 1 aromatic rings. The monoisotopic (exact) mass is 303 g/mol. The van der Waals surface area contributed by atoms with Gasteiger partial charge in [0.25, 0.3) is 0 Å². The highest BCUT2D eigenvalue weighted by Crippen LogP contribution is 2.36. The van der Waals surface area contributed by atoms with Crippen molar-refractivity contribution in [1.29, 1.82) is 0 Å². The van der Waals surface area contributed by atoms with Crippen LogP contribution >= 0.6 is 0 Å². The number of nitrogens with zero attached hydrogens (tertiary/aromatic N) is 1. The Morgan fingerprint density at radius 1 is 1.29 bits per heavy atom. The quantitative estimate of drug-likeness (QED) is 0.932. The van der Waals surface area contributed by atoms with Crippen molar-refractivity contribution in [3.63, 3.8) is 0 Å². The lowest BCUT2D eigenvalue weighted by Gasteiger charge is -2.37. The van der Waals surface area contributed by atoms with Crippen LogP contribution < -0.4 is 0 Å². The first kappa shape index (κ1) is 16.3. The van der Waals surface area contributed by atoms with Crippen molar-refractivity contribution in [3.8, 4) is 0 Å². The summed E-state index contributed by atoms with van der Waals surface area (Å²) in [4.78, 5) is 2.09. The largest absolute Gasteiger partial charge is 0.416 e. The maximum absolute atomic E-state index is 13.0. The lowest BCUT2D eigenvalue weighted by atomic mass is 9.97. The van der Waals surface area contributed by atoms with E-state index in [9.17, 15) is 18.3 Å². The molecule has 2 atom stereocenters. The first-order valence-corrected chi connectivity index (χ1v) is 7.00. The Kier molecular flexibility index (Phi) is 4.91. The standard InChI is InChI=1S/C15H20F3NO2/c1-10(2)19-7-8-21-13(9-19)14(20)11-5-3-4-6-12(11)15(16,17)18/h3-6,10,13-14,20H,7-9H2,1-2H3. The molecule has 1 aliphatic rings. The summed E-state index contributed by atoms with van der Waals surface area (Å²) < 4.78 is 44.5. The highest BCUT2D eigenvalue weighted by molar-refractivity contribution is 5.32. The number of morpholine rings is 1. The molecule has 118 valence electrons. The molecule has 1 heterocycles. The molecule has 2 unspecified atom stereocenters. The van der Waals surface area contributed by atoms with Gasteiger partial charge in [-0.1, -0.05) is 18.2 Å². The van der Waals surface area contributed by atoms with Crippen LogP contribution in [0.5, 0.6) is 0 Å². The van der Waals surface area contributed by atoms with Gasteiger partial charge in [-0.2, -0.15) is 13.2 Å². The fraction of sp³-hybridized carbons (Fsp3) is 0.600. The maximum atomic E-state index is 13.0. The molecule has 1 aromatic carbocycles. The van der Waals surface area contributed by atoms with Gasteiger partial charge in [-0.25, -0.2) is 0 Å². The topological polar surface area (TPSA) is 32.7 Å². The number of alkyl halides is 3. The van der Waals surface area contributed by atoms with Gasteiger partial charge >= 0.3 is 6.18 Å². The van der Waals surface area contributed by atoms with Crippen LogP contribution in [0.1, 0.15) is 31.1 Å². The van der Waals surface area contributed by atoms with Crippen LogP contribution in [-0.2, 0) is 10.9 Å². The fourth-order valence-electron chi connectivity index (χ4n) is 2.57. The number of halogens is 3. The lowest BCUT2D eigenvalue weighted by Crippen LogP contribution is -2.48. The predicted octanol–water partition coefficient (Wildman–Crippen LogP) is 2.85. The van der Waals surface area contributed by atoms with Crippen LogP contribution in [0.4, 0.5) is 13.2 Å². The molecule has 0 bridgehead atoms. The average Bonchev–Trinajstić information content (AvgIpc) is 2.45. The van der Waals surface area contributed by atoms with Gasteiger partial charge in [0.2, 0.25) is 0 Å². The summed E-state index contributed by atoms with van der Waals surface area (Å²) in [5.41, 5.74) is -0.927. The third-order valence-electron chi connectivity index (χ3n) is 3.79. The minimum absolute atomic E-state index is 0.124. The highest BCUT2D eigenvalue weighted by Gasteiger charge is 2.37. The smallest absolute Gasteiger partial charge is 0.386 e. The van der Waals surface area contributed by atoms with Gasteiger partial charge in [0.05, 0.1) is 12.2 Å². The number of hydrogen-bond acceptors (Lipinski definition) is 3. The Balaban J connectivity index is 2.22. The normalized spacial score (nSPS) is 22.5. The first-order chi connectivity index (χ1) is 9.80. The number of aliphatic hydroxyl groups excluding tert-OH is 1. The summed E-state index contributed by atoms with van der Waals surface area (Å²) in [6, 6.07) is 5.38. The molecule has 3 nitrogen and oxygen atoms in total. The third kappa shape index (κ3) is 3.75. The Bertz CT molecular complexity index is 476. The van der Waals surface area contributed by atoms with Crippen molar-refractivity contribution in [2.45, 2.75) is 38.3 Å². The minimum atomic E-state index is -4.48. The van der Waals surface area contributed by atoms with Crippen LogP contribution in [0, 0.1) is 0 Å². The number of aliphatic hydroxyl groups is 1. The van der Waals surface area contributed by atoms with Crippen molar-refractivity contribution in [2.75, 3.05) is 19.7 Å². The molecule has 0 amide bonds. The van der Waals surface area contributed by atoms with E-state index in [1.807, 2.05) is 13.8 Å². The van der Waals surface area contributed by atoms with Crippen LogP contribution in [0.25, 0.3) is 0 Å². The van der Waals surface area contributed by atoms with Gasteiger partial charge < -0.3 is 9.84 Å². The molecule has 0 radical (unpaired) electrons. The van der Waals surface area contributed by atoms with Gasteiger partial charge in [0.15, 0.2) is 0 Å². The summed E-state index contributed by atoms with van der Waals surface area (Å²) in [5, 5.41) is 10.3. The molecule has 1 N–H and O–H groups in total. The van der Waals surface area contributed by atoms with E-state index in [2.05, 4.69) is 4.90 Å². The third-order valence-corrected chi connectivity index (χ3v) is 3.79. The summed E-state index contributed by atoms with van der Waals surface area (Å²) in [5.74, 6) is 0. The summed E-state index contributed by atoms with van der Waals surface area (Å²) in [6.45, 7) is 5.58. The molecule has 1 aliphatic heterocycles. The van der Waals surface area contributed by atoms with Gasteiger partial charge in [-0.15, -0.1) is 0 Å². The van der Waals surface area contributed by atoms with E-state index in [1.165, 1.54) is 18.2 Å².